The van der Waals surface area contributed by atoms with Crippen LogP contribution in [0.4, 0.5) is 10.8 Å². The van der Waals surface area contributed by atoms with Gasteiger partial charge >= 0.3 is 0 Å². The van der Waals surface area contributed by atoms with Gasteiger partial charge in [-0.05, 0) is 42.8 Å². The Labute approximate surface area is 174 Å². The van der Waals surface area contributed by atoms with E-state index in [9.17, 15) is 9.59 Å². The number of aromatic nitrogens is 4. The molecule has 0 aliphatic rings. The summed E-state index contributed by atoms with van der Waals surface area (Å²) in [6.07, 6.45) is 1.86. The number of halogens is 1. The van der Waals surface area contributed by atoms with Crippen LogP contribution < -0.4 is 11.1 Å². The first-order chi connectivity index (χ1) is 13.9. The number of primary amides is 1. The third kappa shape index (κ3) is 3.96. The summed E-state index contributed by atoms with van der Waals surface area (Å²) in [7, 11) is 0. The second-order valence-corrected chi connectivity index (χ2v) is 7.81. The van der Waals surface area contributed by atoms with E-state index in [2.05, 4.69) is 25.7 Å². The third-order valence-electron chi connectivity index (χ3n) is 4.20. The largest absolute Gasteiger partial charge is 0.366 e. The molecule has 0 unspecified atom stereocenters. The van der Waals surface area contributed by atoms with E-state index in [1.165, 1.54) is 18.3 Å². The molecule has 2 heterocycles. The first-order valence-electron chi connectivity index (χ1n) is 8.56. The average molecular weight is 427 g/mol. The molecular weight excluding hydrogens is 412 g/mol. The number of hydrogen-bond acceptors (Lipinski definition) is 7. The first kappa shape index (κ1) is 19.0. The Hall–Kier alpha value is -3.30. The normalized spacial score (nSPS) is 11.0. The van der Waals surface area contributed by atoms with Crippen molar-refractivity contribution in [3.8, 4) is 10.6 Å². The maximum atomic E-state index is 11.7. The number of fused-ring (bicyclic) bond motifs is 1. The number of benzene rings is 2. The average Bonchev–Trinajstić information content (AvgIpc) is 3.33. The summed E-state index contributed by atoms with van der Waals surface area (Å²) in [5.41, 5.74) is 8.61. The van der Waals surface area contributed by atoms with Gasteiger partial charge < -0.3 is 11.1 Å². The Morgan fingerprint density at radius 1 is 1.24 bits per heavy atom. The van der Waals surface area contributed by atoms with Crippen LogP contribution in [0.5, 0.6) is 0 Å². The lowest BCUT2D eigenvalue weighted by Crippen LogP contribution is -2.12. The number of aromatic amines is 1. The molecule has 4 rings (SSSR count). The summed E-state index contributed by atoms with van der Waals surface area (Å²) >= 11 is 7.72. The zero-order valence-corrected chi connectivity index (χ0v) is 16.8. The number of rotatable bonds is 6. The van der Waals surface area contributed by atoms with Crippen LogP contribution in [0, 0.1) is 0 Å². The minimum atomic E-state index is -0.570. The molecule has 0 bridgehead atoms. The number of amides is 1. The maximum absolute atomic E-state index is 11.7. The van der Waals surface area contributed by atoms with Crippen LogP contribution >= 0.6 is 22.9 Å². The van der Waals surface area contributed by atoms with Gasteiger partial charge in [0.25, 0.3) is 0 Å². The molecule has 0 spiro atoms. The predicted octanol–water partition coefficient (Wildman–Crippen LogP) is 3.71. The fourth-order valence-corrected chi connectivity index (χ4v) is 3.94. The summed E-state index contributed by atoms with van der Waals surface area (Å²) in [6, 6.07) is 8.75. The molecule has 2 aromatic carbocycles. The van der Waals surface area contributed by atoms with E-state index in [0.29, 0.717) is 37.5 Å². The fourth-order valence-electron chi connectivity index (χ4n) is 2.93. The van der Waals surface area contributed by atoms with Crippen LogP contribution in [-0.2, 0) is 11.2 Å². The van der Waals surface area contributed by atoms with E-state index in [-0.39, 0.29) is 12.2 Å². The summed E-state index contributed by atoms with van der Waals surface area (Å²) in [5, 5.41) is 20.8. The van der Waals surface area contributed by atoms with Crippen molar-refractivity contribution < 1.29 is 9.59 Å². The lowest BCUT2D eigenvalue weighted by Gasteiger charge is -2.06. The van der Waals surface area contributed by atoms with Gasteiger partial charge in [0, 0.05) is 22.9 Å². The third-order valence-corrected chi connectivity index (χ3v) is 5.50. The highest BCUT2D eigenvalue weighted by Gasteiger charge is 2.14. The summed E-state index contributed by atoms with van der Waals surface area (Å²) in [5.74, 6) is -0.582. The number of nitrogens with one attached hydrogen (secondary N) is 2. The molecule has 4 N–H and O–H groups in total. The number of anilines is 2. The van der Waals surface area contributed by atoms with Crippen LogP contribution in [0.25, 0.3) is 21.5 Å². The van der Waals surface area contributed by atoms with Gasteiger partial charge in [0.2, 0.25) is 11.0 Å². The molecule has 0 aliphatic heterocycles. The molecule has 0 radical (unpaired) electrons. The maximum Gasteiger partial charge on any atom is 0.248 e. The zero-order chi connectivity index (χ0) is 20.5. The van der Waals surface area contributed by atoms with Gasteiger partial charge in [-0.2, -0.15) is 5.10 Å². The highest BCUT2D eigenvalue weighted by molar-refractivity contribution is 7.18. The Morgan fingerprint density at radius 3 is 2.83 bits per heavy atom. The van der Waals surface area contributed by atoms with Crippen molar-refractivity contribution in [1.82, 2.24) is 20.4 Å². The van der Waals surface area contributed by atoms with Crippen LogP contribution in [0.15, 0.2) is 36.5 Å². The smallest absolute Gasteiger partial charge is 0.248 e. The number of carbonyl (C=O) groups is 2. The van der Waals surface area contributed by atoms with Crippen LogP contribution in [-0.4, -0.2) is 32.1 Å². The molecule has 0 saturated carbocycles. The monoisotopic (exact) mass is 426 g/mol. The van der Waals surface area contributed by atoms with Crippen molar-refractivity contribution in [2.45, 2.75) is 13.3 Å². The van der Waals surface area contributed by atoms with Gasteiger partial charge in [-0.25, -0.2) is 0 Å². The number of ketones is 1. The molecule has 0 aliphatic carbocycles. The standard InChI is InChI=1S/C19H15ClN6O2S/c1-9(27)4-10-5-11(17(21)28)7-12(6-10)18-25-26-19(29-18)23-15-3-2-14-13(16(15)20)8-22-24-14/h2-3,5-8H,4H2,1H3,(H2,21,28)(H,22,24)(H,23,26). The van der Waals surface area contributed by atoms with E-state index >= 15 is 0 Å². The first-order valence-corrected chi connectivity index (χ1v) is 9.76. The Morgan fingerprint density at radius 2 is 2.07 bits per heavy atom. The van der Waals surface area contributed by atoms with Gasteiger partial charge in [0.05, 0.1) is 22.4 Å². The number of H-pyrrole nitrogens is 1. The minimum Gasteiger partial charge on any atom is -0.366 e. The van der Waals surface area contributed by atoms with Crippen molar-refractivity contribution in [3.63, 3.8) is 0 Å². The van der Waals surface area contributed by atoms with E-state index in [1.807, 2.05) is 18.2 Å². The molecule has 2 aromatic heterocycles. The van der Waals surface area contributed by atoms with Crippen molar-refractivity contribution in [2.24, 2.45) is 5.73 Å². The minimum absolute atomic E-state index is 0.0125. The molecule has 146 valence electrons. The van der Waals surface area contributed by atoms with Gasteiger partial charge in [-0.3, -0.25) is 14.7 Å². The number of carbonyl (C=O) groups excluding carboxylic acids is 2. The molecule has 0 saturated heterocycles. The van der Waals surface area contributed by atoms with Gasteiger partial charge in [0.15, 0.2) is 0 Å². The second kappa shape index (κ2) is 7.61. The SMILES string of the molecule is CC(=O)Cc1cc(C(N)=O)cc(-c2nnc(Nc3ccc4[nH]ncc4c3Cl)s2)c1. The Kier molecular flexibility index (Phi) is 4.99. The van der Waals surface area contributed by atoms with E-state index in [4.69, 9.17) is 17.3 Å². The van der Waals surface area contributed by atoms with Crippen molar-refractivity contribution in [2.75, 3.05) is 5.32 Å². The van der Waals surface area contributed by atoms with E-state index < -0.39 is 5.91 Å². The Balaban J connectivity index is 1.66. The topological polar surface area (TPSA) is 127 Å². The molecular formula is C19H15ClN6O2S. The Bertz CT molecular complexity index is 1250. The molecule has 29 heavy (non-hydrogen) atoms. The van der Waals surface area contributed by atoms with Gasteiger partial charge in [-0.15, -0.1) is 10.2 Å². The van der Waals surface area contributed by atoms with Crippen molar-refractivity contribution in [1.29, 1.82) is 0 Å². The van der Waals surface area contributed by atoms with Gasteiger partial charge in [-0.1, -0.05) is 22.9 Å². The molecule has 1 amide bonds. The number of hydrogen-bond donors (Lipinski definition) is 3. The fraction of sp³-hybridized carbons (Fsp3) is 0.105. The second-order valence-electron chi connectivity index (χ2n) is 6.46. The summed E-state index contributed by atoms with van der Waals surface area (Å²) < 4.78 is 0. The van der Waals surface area contributed by atoms with Crippen LogP contribution in [0.2, 0.25) is 5.02 Å². The number of Topliss-reactive ketones (excluding diaryl/α,β-unsaturated/α-hetero) is 1. The highest BCUT2D eigenvalue weighted by Crippen LogP contribution is 2.34. The quantitative estimate of drug-likeness (QED) is 0.431. The molecule has 8 nitrogen and oxygen atoms in total. The number of nitrogens with two attached hydrogens (primary N) is 1. The molecule has 4 aromatic rings. The lowest BCUT2D eigenvalue weighted by molar-refractivity contribution is -0.116. The summed E-state index contributed by atoms with van der Waals surface area (Å²) in [4.78, 5) is 23.1. The number of nitrogens with zero attached hydrogens (tertiary/aromatic N) is 3. The molecule has 0 fully saturated rings. The van der Waals surface area contributed by atoms with E-state index in [0.717, 1.165) is 10.9 Å². The molecule has 10 heteroatoms. The van der Waals surface area contributed by atoms with Crippen molar-refractivity contribution >= 4 is 56.4 Å². The highest BCUT2D eigenvalue weighted by atomic mass is 35.5. The van der Waals surface area contributed by atoms with Gasteiger partial charge in [0.1, 0.15) is 10.8 Å². The van der Waals surface area contributed by atoms with Crippen molar-refractivity contribution in [3.05, 3.63) is 52.7 Å². The summed E-state index contributed by atoms with van der Waals surface area (Å²) in [6.45, 7) is 1.49. The van der Waals surface area contributed by atoms with E-state index in [1.54, 1.807) is 18.3 Å². The van der Waals surface area contributed by atoms with Crippen LogP contribution in [0.3, 0.4) is 0 Å². The molecule has 0 atom stereocenters. The van der Waals surface area contributed by atoms with Crippen LogP contribution in [0.1, 0.15) is 22.8 Å². The predicted molar refractivity (Wildman–Crippen MR) is 113 cm³/mol. The lowest BCUT2D eigenvalue weighted by atomic mass is 10.0. The zero-order valence-electron chi connectivity index (χ0n) is 15.2.